The summed E-state index contributed by atoms with van der Waals surface area (Å²) in [5.41, 5.74) is 2.34. The fourth-order valence-electron chi connectivity index (χ4n) is 2.29. The van der Waals surface area contributed by atoms with Crippen LogP contribution in [0.4, 0.5) is 11.4 Å². The summed E-state index contributed by atoms with van der Waals surface area (Å²) < 4.78 is 5.26. The standard InChI is InChI=1S/C18H22N2O2/c1-4-20(5-2)18(21)16-13-15(22-3)11-12-17(16)19-14-9-7-6-8-10-14/h6-13,19H,4-5H2,1-3H3. The second-order valence-corrected chi connectivity index (χ2v) is 4.88. The Bertz CT molecular complexity index is 622. The van der Waals surface area contributed by atoms with Crippen molar-refractivity contribution in [3.05, 3.63) is 54.1 Å². The molecule has 0 atom stereocenters. The predicted molar refractivity (Wildman–Crippen MR) is 90.0 cm³/mol. The molecule has 0 fully saturated rings. The van der Waals surface area contributed by atoms with Crippen LogP contribution in [0.5, 0.6) is 5.75 Å². The van der Waals surface area contributed by atoms with Crippen molar-refractivity contribution >= 4 is 17.3 Å². The lowest BCUT2D eigenvalue weighted by Gasteiger charge is -2.21. The van der Waals surface area contributed by atoms with E-state index in [4.69, 9.17) is 4.74 Å². The predicted octanol–water partition coefficient (Wildman–Crippen LogP) is 3.92. The zero-order valence-electron chi connectivity index (χ0n) is 13.3. The Labute approximate surface area is 131 Å². The van der Waals surface area contributed by atoms with Crippen LogP contribution in [0.1, 0.15) is 24.2 Å². The van der Waals surface area contributed by atoms with Gasteiger partial charge in [0.25, 0.3) is 5.91 Å². The normalized spacial score (nSPS) is 10.1. The number of benzene rings is 2. The lowest BCUT2D eigenvalue weighted by molar-refractivity contribution is 0.0773. The lowest BCUT2D eigenvalue weighted by atomic mass is 10.1. The highest BCUT2D eigenvalue weighted by molar-refractivity contribution is 6.00. The summed E-state index contributed by atoms with van der Waals surface area (Å²) in [6, 6.07) is 15.3. The molecule has 0 radical (unpaired) electrons. The Kier molecular flexibility index (Phi) is 5.42. The van der Waals surface area contributed by atoms with Gasteiger partial charge in [-0.25, -0.2) is 0 Å². The van der Waals surface area contributed by atoms with Gasteiger partial charge in [-0.1, -0.05) is 18.2 Å². The second kappa shape index (κ2) is 7.50. The van der Waals surface area contributed by atoms with E-state index in [-0.39, 0.29) is 5.91 Å². The maximum absolute atomic E-state index is 12.7. The molecule has 0 saturated carbocycles. The van der Waals surface area contributed by atoms with Crippen molar-refractivity contribution < 1.29 is 9.53 Å². The van der Waals surface area contributed by atoms with Gasteiger partial charge in [-0.3, -0.25) is 4.79 Å². The first-order valence-corrected chi connectivity index (χ1v) is 7.49. The minimum Gasteiger partial charge on any atom is -0.497 e. The van der Waals surface area contributed by atoms with Gasteiger partial charge in [0.2, 0.25) is 0 Å². The Hall–Kier alpha value is -2.49. The van der Waals surface area contributed by atoms with Crippen LogP contribution in [0.2, 0.25) is 0 Å². The molecule has 1 N–H and O–H groups in total. The number of rotatable bonds is 6. The Morgan fingerprint density at radius 3 is 2.36 bits per heavy atom. The van der Waals surface area contributed by atoms with Crippen LogP contribution in [-0.2, 0) is 0 Å². The number of carbonyl (C=O) groups is 1. The van der Waals surface area contributed by atoms with Crippen LogP contribution >= 0.6 is 0 Å². The number of nitrogens with zero attached hydrogens (tertiary/aromatic N) is 1. The van der Waals surface area contributed by atoms with Crippen LogP contribution in [0, 0.1) is 0 Å². The number of amides is 1. The van der Waals surface area contributed by atoms with E-state index in [1.165, 1.54) is 0 Å². The van der Waals surface area contributed by atoms with E-state index in [2.05, 4.69) is 5.32 Å². The highest BCUT2D eigenvalue weighted by Gasteiger charge is 2.17. The second-order valence-electron chi connectivity index (χ2n) is 4.88. The Balaban J connectivity index is 2.38. The number of carbonyl (C=O) groups excluding carboxylic acids is 1. The molecule has 2 rings (SSSR count). The molecular formula is C18H22N2O2. The van der Waals surface area contributed by atoms with Gasteiger partial charge in [-0.2, -0.15) is 0 Å². The molecule has 0 aromatic heterocycles. The Morgan fingerprint density at radius 2 is 1.77 bits per heavy atom. The molecule has 2 aromatic rings. The van der Waals surface area contributed by atoms with Crippen molar-refractivity contribution in [2.24, 2.45) is 0 Å². The summed E-state index contributed by atoms with van der Waals surface area (Å²) >= 11 is 0. The van der Waals surface area contributed by atoms with Gasteiger partial charge >= 0.3 is 0 Å². The molecule has 4 heteroatoms. The first-order chi connectivity index (χ1) is 10.7. The molecule has 4 nitrogen and oxygen atoms in total. The summed E-state index contributed by atoms with van der Waals surface area (Å²) in [6.45, 7) is 5.31. The van der Waals surface area contributed by atoms with Gasteiger partial charge in [0.1, 0.15) is 5.75 Å². The molecule has 0 saturated heterocycles. The molecule has 0 aliphatic carbocycles. The van der Waals surface area contributed by atoms with Crippen molar-refractivity contribution in [2.75, 3.05) is 25.5 Å². The zero-order valence-corrected chi connectivity index (χ0v) is 13.3. The third kappa shape index (κ3) is 3.58. The number of hydrogen-bond acceptors (Lipinski definition) is 3. The first kappa shape index (κ1) is 15.9. The van der Waals surface area contributed by atoms with E-state index in [9.17, 15) is 4.79 Å². The van der Waals surface area contributed by atoms with Crippen LogP contribution in [0.15, 0.2) is 48.5 Å². The maximum atomic E-state index is 12.7. The highest BCUT2D eigenvalue weighted by Crippen LogP contribution is 2.26. The van der Waals surface area contributed by atoms with Gasteiger partial charge in [0, 0.05) is 18.8 Å². The molecule has 116 valence electrons. The first-order valence-electron chi connectivity index (χ1n) is 7.49. The van der Waals surface area contributed by atoms with Crippen molar-refractivity contribution in [1.29, 1.82) is 0 Å². The van der Waals surface area contributed by atoms with E-state index in [1.54, 1.807) is 18.1 Å². The molecule has 0 unspecified atom stereocenters. The molecule has 1 amide bonds. The monoisotopic (exact) mass is 298 g/mol. The van der Waals surface area contributed by atoms with Crippen LogP contribution in [-0.4, -0.2) is 31.0 Å². The number of nitrogens with one attached hydrogen (secondary N) is 1. The molecular weight excluding hydrogens is 276 g/mol. The third-order valence-corrected chi connectivity index (χ3v) is 3.56. The fraction of sp³-hybridized carbons (Fsp3) is 0.278. The average molecular weight is 298 g/mol. The number of ether oxygens (including phenoxy) is 1. The molecule has 0 aliphatic rings. The minimum absolute atomic E-state index is 0.00216. The van der Waals surface area contributed by atoms with Gasteiger partial charge in [-0.15, -0.1) is 0 Å². The Morgan fingerprint density at radius 1 is 1.09 bits per heavy atom. The van der Waals surface area contributed by atoms with Gasteiger partial charge in [0.05, 0.1) is 18.4 Å². The molecule has 22 heavy (non-hydrogen) atoms. The largest absolute Gasteiger partial charge is 0.497 e. The van der Waals surface area contributed by atoms with E-state index < -0.39 is 0 Å². The summed E-state index contributed by atoms with van der Waals surface area (Å²) in [6.07, 6.45) is 0. The highest BCUT2D eigenvalue weighted by atomic mass is 16.5. The van der Waals surface area contributed by atoms with E-state index in [0.717, 1.165) is 11.4 Å². The summed E-state index contributed by atoms with van der Waals surface area (Å²) in [5, 5.41) is 3.30. The molecule has 0 aliphatic heterocycles. The van der Waals surface area contributed by atoms with Gasteiger partial charge in [0.15, 0.2) is 0 Å². The van der Waals surface area contributed by atoms with Gasteiger partial charge < -0.3 is 15.0 Å². The van der Waals surface area contributed by atoms with Gasteiger partial charge in [-0.05, 0) is 44.2 Å². The maximum Gasteiger partial charge on any atom is 0.256 e. The van der Waals surface area contributed by atoms with Crippen LogP contribution in [0.3, 0.4) is 0 Å². The van der Waals surface area contributed by atoms with Crippen LogP contribution in [0.25, 0.3) is 0 Å². The van der Waals surface area contributed by atoms with E-state index in [0.29, 0.717) is 24.4 Å². The fourth-order valence-corrected chi connectivity index (χ4v) is 2.29. The number of hydrogen-bond donors (Lipinski definition) is 1. The van der Waals surface area contributed by atoms with Crippen LogP contribution < -0.4 is 10.1 Å². The SMILES string of the molecule is CCN(CC)C(=O)c1cc(OC)ccc1Nc1ccccc1. The van der Waals surface area contributed by atoms with E-state index in [1.807, 2.05) is 56.3 Å². The lowest BCUT2D eigenvalue weighted by Crippen LogP contribution is -2.31. The molecule has 2 aromatic carbocycles. The number of methoxy groups -OCH3 is 1. The smallest absolute Gasteiger partial charge is 0.256 e. The molecule has 0 spiro atoms. The van der Waals surface area contributed by atoms with E-state index >= 15 is 0 Å². The summed E-state index contributed by atoms with van der Waals surface area (Å²) in [5.74, 6) is 0.677. The third-order valence-electron chi connectivity index (χ3n) is 3.56. The van der Waals surface area contributed by atoms with Crippen molar-refractivity contribution in [1.82, 2.24) is 4.90 Å². The van der Waals surface area contributed by atoms with Crippen molar-refractivity contribution in [3.8, 4) is 5.75 Å². The molecule has 0 heterocycles. The van der Waals surface area contributed by atoms with Crippen molar-refractivity contribution in [3.63, 3.8) is 0 Å². The summed E-state index contributed by atoms with van der Waals surface area (Å²) in [7, 11) is 1.60. The van der Waals surface area contributed by atoms with Crippen molar-refractivity contribution in [2.45, 2.75) is 13.8 Å². The quantitative estimate of drug-likeness (QED) is 0.879. The zero-order chi connectivity index (χ0) is 15.9. The average Bonchev–Trinajstić information content (AvgIpc) is 2.57. The number of para-hydroxylation sites is 1. The number of anilines is 2. The molecule has 0 bridgehead atoms. The summed E-state index contributed by atoms with van der Waals surface area (Å²) in [4.78, 5) is 14.5. The minimum atomic E-state index is 0.00216. The topological polar surface area (TPSA) is 41.6 Å².